The first-order valence-corrected chi connectivity index (χ1v) is 7.73. The average molecular weight is 337 g/mol. The van der Waals surface area contributed by atoms with E-state index in [4.69, 9.17) is 0 Å². The molecule has 0 saturated carbocycles. The number of aromatic nitrogens is 2. The number of amides is 1. The molecule has 24 heavy (non-hydrogen) atoms. The van der Waals surface area contributed by atoms with Gasteiger partial charge in [0.25, 0.3) is 5.91 Å². The molecule has 2 rings (SSSR count). The van der Waals surface area contributed by atoms with Crippen LogP contribution in [-0.4, -0.2) is 27.3 Å². The molecule has 0 fully saturated rings. The van der Waals surface area contributed by atoms with E-state index < -0.39 is 29.2 Å². The number of hydrogen-bond donors (Lipinski definition) is 2. The second-order valence-electron chi connectivity index (χ2n) is 6.08. The summed E-state index contributed by atoms with van der Waals surface area (Å²) < 4.78 is 29.0. The summed E-state index contributed by atoms with van der Waals surface area (Å²) in [6, 6.07) is 3.33. The molecule has 1 heterocycles. The average Bonchev–Trinajstić information content (AvgIpc) is 2.85. The maximum atomic E-state index is 13.6. The Balaban J connectivity index is 2.04. The van der Waals surface area contributed by atoms with Gasteiger partial charge in [-0.2, -0.15) is 5.10 Å². The second-order valence-corrected chi connectivity index (χ2v) is 6.08. The number of aliphatic hydroxyl groups is 1. The van der Waals surface area contributed by atoms with Crippen LogP contribution in [0.2, 0.25) is 0 Å². The number of aliphatic hydroxyl groups excluding tert-OH is 1. The minimum absolute atomic E-state index is 0.300. The van der Waals surface area contributed by atoms with Gasteiger partial charge in [-0.3, -0.25) is 9.48 Å². The standard InChI is InChI=1S/C17H21F2N3O2/c1-10(2)9-22-11(3)12(7-21-22)17(24)20-8-15(23)16-13(18)5-4-6-14(16)19/h4-7,10,15,23H,8-9H2,1-3H3,(H,20,24). The van der Waals surface area contributed by atoms with Crippen molar-refractivity contribution >= 4 is 5.91 Å². The monoisotopic (exact) mass is 337 g/mol. The smallest absolute Gasteiger partial charge is 0.254 e. The highest BCUT2D eigenvalue weighted by Gasteiger charge is 2.20. The minimum atomic E-state index is -1.47. The van der Waals surface area contributed by atoms with Crippen molar-refractivity contribution < 1.29 is 18.7 Å². The molecule has 2 aromatic rings. The van der Waals surface area contributed by atoms with Crippen molar-refractivity contribution in [1.82, 2.24) is 15.1 Å². The van der Waals surface area contributed by atoms with Crippen LogP contribution in [0.1, 0.15) is 41.6 Å². The molecule has 0 bridgehead atoms. The summed E-state index contributed by atoms with van der Waals surface area (Å²) in [6.45, 7) is 6.24. The van der Waals surface area contributed by atoms with Gasteiger partial charge >= 0.3 is 0 Å². The Bertz CT molecular complexity index is 708. The van der Waals surface area contributed by atoms with Crippen molar-refractivity contribution in [2.45, 2.75) is 33.4 Å². The van der Waals surface area contributed by atoms with E-state index in [1.165, 1.54) is 12.3 Å². The van der Waals surface area contributed by atoms with Gasteiger partial charge in [0.15, 0.2) is 0 Å². The van der Waals surface area contributed by atoms with Crippen LogP contribution >= 0.6 is 0 Å². The van der Waals surface area contributed by atoms with Crippen LogP contribution in [0.3, 0.4) is 0 Å². The summed E-state index contributed by atoms with van der Waals surface area (Å²) in [6.07, 6.45) is -0.0236. The largest absolute Gasteiger partial charge is 0.386 e. The van der Waals surface area contributed by atoms with Gasteiger partial charge in [0.05, 0.1) is 17.3 Å². The molecule has 0 aliphatic rings. The molecule has 0 spiro atoms. The van der Waals surface area contributed by atoms with E-state index in [1.807, 2.05) is 13.8 Å². The molecule has 0 saturated heterocycles. The molecule has 0 aliphatic carbocycles. The third kappa shape index (κ3) is 3.97. The molecule has 0 aliphatic heterocycles. The number of halogens is 2. The third-order valence-corrected chi connectivity index (χ3v) is 3.67. The van der Waals surface area contributed by atoms with Gasteiger partial charge in [-0.25, -0.2) is 8.78 Å². The van der Waals surface area contributed by atoms with Crippen molar-refractivity contribution in [2.75, 3.05) is 6.54 Å². The Morgan fingerprint density at radius 2 is 1.96 bits per heavy atom. The van der Waals surface area contributed by atoms with Gasteiger partial charge in [0, 0.05) is 18.8 Å². The van der Waals surface area contributed by atoms with Crippen molar-refractivity contribution in [3.8, 4) is 0 Å². The zero-order valence-electron chi connectivity index (χ0n) is 13.9. The topological polar surface area (TPSA) is 67.2 Å². The number of rotatable bonds is 6. The predicted molar refractivity (Wildman–Crippen MR) is 85.5 cm³/mol. The molecule has 1 unspecified atom stereocenters. The first kappa shape index (κ1) is 18.1. The lowest BCUT2D eigenvalue weighted by Crippen LogP contribution is -2.29. The SMILES string of the molecule is Cc1c(C(=O)NCC(O)c2c(F)cccc2F)cnn1CC(C)C. The number of nitrogens with zero attached hydrogens (tertiary/aromatic N) is 2. The predicted octanol–water partition coefficient (Wildman–Crippen LogP) is 2.59. The van der Waals surface area contributed by atoms with Gasteiger partial charge in [-0.15, -0.1) is 0 Å². The fraction of sp³-hybridized carbons (Fsp3) is 0.412. The number of hydrogen-bond acceptors (Lipinski definition) is 3. The molecule has 5 nitrogen and oxygen atoms in total. The molecule has 2 N–H and O–H groups in total. The number of benzene rings is 1. The van der Waals surface area contributed by atoms with E-state index >= 15 is 0 Å². The Morgan fingerprint density at radius 1 is 1.33 bits per heavy atom. The van der Waals surface area contributed by atoms with Crippen LogP contribution < -0.4 is 5.32 Å². The molecule has 0 radical (unpaired) electrons. The van der Waals surface area contributed by atoms with Crippen LogP contribution in [0.5, 0.6) is 0 Å². The van der Waals surface area contributed by atoms with E-state index in [0.717, 1.165) is 12.1 Å². The van der Waals surface area contributed by atoms with Crippen LogP contribution in [0.4, 0.5) is 8.78 Å². The zero-order valence-corrected chi connectivity index (χ0v) is 13.9. The van der Waals surface area contributed by atoms with E-state index in [1.54, 1.807) is 11.6 Å². The Hall–Kier alpha value is -2.28. The highest BCUT2D eigenvalue weighted by Crippen LogP contribution is 2.20. The van der Waals surface area contributed by atoms with Gasteiger partial charge in [-0.05, 0) is 25.0 Å². The molecule has 1 aromatic heterocycles. The molecule has 1 atom stereocenters. The van der Waals surface area contributed by atoms with Gasteiger partial charge < -0.3 is 10.4 Å². The molecule has 1 aromatic carbocycles. The van der Waals surface area contributed by atoms with Crippen LogP contribution in [0.15, 0.2) is 24.4 Å². The summed E-state index contributed by atoms with van der Waals surface area (Å²) >= 11 is 0. The zero-order chi connectivity index (χ0) is 17.9. The lowest BCUT2D eigenvalue weighted by atomic mass is 10.1. The van der Waals surface area contributed by atoms with Gasteiger partial charge in [-0.1, -0.05) is 19.9 Å². The molecule has 1 amide bonds. The summed E-state index contributed by atoms with van der Waals surface area (Å²) in [4.78, 5) is 12.2. The van der Waals surface area contributed by atoms with Crippen molar-refractivity contribution in [3.63, 3.8) is 0 Å². The summed E-state index contributed by atoms with van der Waals surface area (Å²) in [5.41, 5.74) is 0.620. The lowest BCUT2D eigenvalue weighted by Gasteiger charge is -2.14. The third-order valence-electron chi connectivity index (χ3n) is 3.67. The first-order valence-electron chi connectivity index (χ1n) is 7.73. The quantitative estimate of drug-likeness (QED) is 0.851. The van der Waals surface area contributed by atoms with E-state index in [0.29, 0.717) is 23.7 Å². The van der Waals surface area contributed by atoms with Crippen LogP contribution in [0, 0.1) is 24.5 Å². The molecule has 7 heteroatoms. The van der Waals surface area contributed by atoms with Gasteiger partial charge in [0.1, 0.15) is 17.7 Å². The summed E-state index contributed by atoms with van der Waals surface area (Å²) in [5.74, 6) is -1.76. The highest BCUT2D eigenvalue weighted by atomic mass is 19.1. The maximum absolute atomic E-state index is 13.6. The Kier molecular flexibility index (Phi) is 5.66. The van der Waals surface area contributed by atoms with E-state index in [9.17, 15) is 18.7 Å². The van der Waals surface area contributed by atoms with E-state index in [2.05, 4.69) is 10.4 Å². The molecule has 130 valence electrons. The van der Waals surface area contributed by atoms with Crippen LogP contribution in [-0.2, 0) is 6.54 Å². The Morgan fingerprint density at radius 3 is 2.54 bits per heavy atom. The summed E-state index contributed by atoms with van der Waals surface area (Å²) in [7, 11) is 0. The minimum Gasteiger partial charge on any atom is -0.386 e. The highest BCUT2D eigenvalue weighted by molar-refractivity contribution is 5.95. The number of nitrogens with one attached hydrogen (secondary N) is 1. The molecular formula is C17H21F2N3O2. The molecular weight excluding hydrogens is 316 g/mol. The van der Waals surface area contributed by atoms with E-state index in [-0.39, 0.29) is 6.54 Å². The lowest BCUT2D eigenvalue weighted by molar-refractivity contribution is 0.0910. The fourth-order valence-electron chi connectivity index (χ4n) is 2.42. The van der Waals surface area contributed by atoms with Crippen molar-refractivity contribution in [2.24, 2.45) is 5.92 Å². The Labute approximate surface area is 139 Å². The maximum Gasteiger partial charge on any atom is 0.254 e. The number of carbonyl (C=O) groups is 1. The van der Waals surface area contributed by atoms with Crippen molar-refractivity contribution in [3.05, 3.63) is 52.9 Å². The second kappa shape index (κ2) is 7.53. The summed E-state index contributed by atoms with van der Waals surface area (Å²) in [5, 5.41) is 16.6. The van der Waals surface area contributed by atoms with Gasteiger partial charge in [0.2, 0.25) is 0 Å². The normalized spacial score (nSPS) is 12.5. The number of carbonyl (C=O) groups excluding carboxylic acids is 1. The fourth-order valence-corrected chi connectivity index (χ4v) is 2.42. The van der Waals surface area contributed by atoms with Crippen LogP contribution in [0.25, 0.3) is 0 Å². The van der Waals surface area contributed by atoms with Crippen molar-refractivity contribution in [1.29, 1.82) is 0 Å². The first-order chi connectivity index (χ1) is 11.3.